The lowest BCUT2D eigenvalue weighted by Gasteiger charge is -2.31. The molecule has 0 aromatic heterocycles. The minimum atomic E-state index is -1.01. The highest BCUT2D eigenvalue weighted by atomic mass is 16.5. The molecule has 5 nitrogen and oxygen atoms in total. The van der Waals surface area contributed by atoms with Crippen LogP contribution < -0.4 is 5.73 Å². The summed E-state index contributed by atoms with van der Waals surface area (Å²) >= 11 is 0. The summed E-state index contributed by atoms with van der Waals surface area (Å²) in [6.45, 7) is 2.71. The van der Waals surface area contributed by atoms with Gasteiger partial charge in [-0.15, -0.1) is 0 Å². The molecule has 0 aromatic rings. The molecule has 2 fully saturated rings. The van der Waals surface area contributed by atoms with Crippen LogP contribution in [0.2, 0.25) is 0 Å². The average molecular weight is 256 g/mol. The molecule has 0 radical (unpaired) electrons. The van der Waals surface area contributed by atoms with Crippen LogP contribution in [-0.2, 0) is 9.53 Å². The van der Waals surface area contributed by atoms with Crippen LogP contribution in [0.15, 0.2) is 0 Å². The zero-order valence-electron chi connectivity index (χ0n) is 11.1. The number of carboxylic acid groups (broad SMARTS) is 1. The summed E-state index contributed by atoms with van der Waals surface area (Å²) < 4.78 is 5.48. The SMILES string of the molecule is CN(CC1CCCOC1)C1CCC(N)(C(=O)O)C1. The van der Waals surface area contributed by atoms with E-state index in [0.717, 1.165) is 32.6 Å². The fourth-order valence-electron chi connectivity index (χ4n) is 3.13. The standard InChI is InChI=1S/C13H24N2O3/c1-15(8-10-3-2-6-18-9-10)11-4-5-13(14,7-11)12(16)17/h10-11H,2-9,14H2,1H3,(H,16,17). The van der Waals surface area contributed by atoms with Gasteiger partial charge >= 0.3 is 5.97 Å². The summed E-state index contributed by atoms with van der Waals surface area (Å²) in [5, 5.41) is 9.13. The lowest BCUT2D eigenvalue weighted by molar-refractivity contribution is -0.143. The van der Waals surface area contributed by atoms with Crippen LogP contribution in [0, 0.1) is 5.92 Å². The molecule has 0 amide bonds. The maximum atomic E-state index is 11.1. The summed E-state index contributed by atoms with van der Waals surface area (Å²) in [7, 11) is 2.08. The molecule has 1 aliphatic heterocycles. The molecule has 104 valence electrons. The van der Waals surface area contributed by atoms with Crippen molar-refractivity contribution >= 4 is 5.97 Å². The molecule has 0 aromatic carbocycles. The number of aliphatic carboxylic acids is 1. The number of hydrogen-bond acceptors (Lipinski definition) is 4. The predicted octanol–water partition coefficient (Wildman–Crippen LogP) is 0.679. The number of carboxylic acids is 1. The average Bonchev–Trinajstić information content (AvgIpc) is 2.75. The number of nitrogens with two attached hydrogens (primary N) is 1. The second-order valence-corrected chi connectivity index (χ2v) is 5.88. The van der Waals surface area contributed by atoms with Crippen molar-refractivity contribution in [3.63, 3.8) is 0 Å². The van der Waals surface area contributed by atoms with E-state index in [-0.39, 0.29) is 0 Å². The Morgan fingerprint density at radius 3 is 2.89 bits per heavy atom. The summed E-state index contributed by atoms with van der Waals surface area (Å²) in [4.78, 5) is 13.4. The highest BCUT2D eigenvalue weighted by molar-refractivity contribution is 5.79. The molecule has 1 saturated carbocycles. The number of carbonyl (C=O) groups is 1. The van der Waals surface area contributed by atoms with Gasteiger partial charge in [-0.05, 0) is 45.1 Å². The van der Waals surface area contributed by atoms with E-state index in [2.05, 4.69) is 11.9 Å². The Morgan fingerprint density at radius 2 is 2.33 bits per heavy atom. The lowest BCUT2D eigenvalue weighted by atomic mass is 9.98. The molecule has 1 aliphatic carbocycles. The van der Waals surface area contributed by atoms with Gasteiger partial charge in [-0.25, -0.2) is 0 Å². The Morgan fingerprint density at radius 1 is 1.56 bits per heavy atom. The molecule has 3 atom stereocenters. The van der Waals surface area contributed by atoms with Gasteiger partial charge in [-0.1, -0.05) is 0 Å². The van der Waals surface area contributed by atoms with E-state index in [4.69, 9.17) is 15.6 Å². The Kier molecular flexibility index (Phi) is 4.25. The van der Waals surface area contributed by atoms with Crippen molar-refractivity contribution in [3.05, 3.63) is 0 Å². The van der Waals surface area contributed by atoms with E-state index in [1.54, 1.807) is 0 Å². The van der Waals surface area contributed by atoms with Crippen LogP contribution in [0.3, 0.4) is 0 Å². The molecule has 1 heterocycles. The minimum Gasteiger partial charge on any atom is -0.480 e. The third-order valence-corrected chi connectivity index (χ3v) is 4.37. The molecule has 3 unspecified atom stereocenters. The second-order valence-electron chi connectivity index (χ2n) is 5.88. The molecular weight excluding hydrogens is 232 g/mol. The van der Waals surface area contributed by atoms with Crippen LogP contribution >= 0.6 is 0 Å². The Hall–Kier alpha value is -0.650. The summed E-state index contributed by atoms with van der Waals surface area (Å²) in [6, 6.07) is 0.299. The fourth-order valence-corrected chi connectivity index (χ4v) is 3.13. The first-order chi connectivity index (χ1) is 8.51. The van der Waals surface area contributed by atoms with Crippen LogP contribution in [0.5, 0.6) is 0 Å². The van der Waals surface area contributed by atoms with Crippen molar-refractivity contribution < 1.29 is 14.6 Å². The molecule has 3 N–H and O–H groups in total. The van der Waals surface area contributed by atoms with Crippen molar-refractivity contribution in [3.8, 4) is 0 Å². The van der Waals surface area contributed by atoms with Gasteiger partial charge < -0.3 is 20.5 Å². The third-order valence-electron chi connectivity index (χ3n) is 4.37. The second kappa shape index (κ2) is 5.55. The zero-order valence-corrected chi connectivity index (χ0v) is 11.1. The first kappa shape index (κ1) is 13.8. The number of ether oxygens (including phenoxy) is 1. The van der Waals surface area contributed by atoms with E-state index < -0.39 is 11.5 Å². The molecule has 1 saturated heterocycles. The highest BCUT2D eigenvalue weighted by Gasteiger charge is 2.43. The minimum absolute atomic E-state index is 0.299. The smallest absolute Gasteiger partial charge is 0.323 e. The largest absolute Gasteiger partial charge is 0.480 e. The zero-order chi connectivity index (χ0) is 13.2. The molecule has 2 aliphatic rings. The fraction of sp³-hybridized carbons (Fsp3) is 0.923. The number of hydrogen-bond donors (Lipinski definition) is 2. The van der Waals surface area contributed by atoms with Crippen LogP contribution in [0.1, 0.15) is 32.1 Å². The van der Waals surface area contributed by atoms with E-state index in [9.17, 15) is 4.79 Å². The predicted molar refractivity (Wildman–Crippen MR) is 68.4 cm³/mol. The Bertz CT molecular complexity index is 305. The summed E-state index contributed by atoms with van der Waals surface area (Å²) in [5.41, 5.74) is 4.90. The van der Waals surface area contributed by atoms with E-state index in [1.165, 1.54) is 6.42 Å². The lowest BCUT2D eigenvalue weighted by Crippen LogP contribution is -2.47. The summed E-state index contributed by atoms with van der Waals surface area (Å²) in [6.07, 6.45) is 4.38. The van der Waals surface area contributed by atoms with E-state index >= 15 is 0 Å². The van der Waals surface area contributed by atoms with Gasteiger partial charge in [0, 0.05) is 19.2 Å². The van der Waals surface area contributed by atoms with E-state index in [1.807, 2.05) is 0 Å². The molecule has 5 heteroatoms. The van der Waals surface area contributed by atoms with Crippen molar-refractivity contribution in [2.45, 2.75) is 43.7 Å². The topological polar surface area (TPSA) is 75.8 Å². The maximum absolute atomic E-state index is 11.1. The third kappa shape index (κ3) is 3.02. The molecular formula is C13H24N2O3. The van der Waals surface area contributed by atoms with Crippen molar-refractivity contribution in [1.29, 1.82) is 0 Å². The van der Waals surface area contributed by atoms with Crippen molar-refractivity contribution in [2.24, 2.45) is 11.7 Å². The first-order valence-electron chi connectivity index (χ1n) is 6.81. The maximum Gasteiger partial charge on any atom is 0.323 e. The van der Waals surface area contributed by atoms with Gasteiger partial charge in [-0.2, -0.15) is 0 Å². The van der Waals surface area contributed by atoms with Gasteiger partial charge in [0.05, 0.1) is 6.61 Å². The summed E-state index contributed by atoms with van der Waals surface area (Å²) in [5.74, 6) is -0.277. The molecule has 0 spiro atoms. The monoisotopic (exact) mass is 256 g/mol. The quantitative estimate of drug-likeness (QED) is 0.773. The van der Waals surface area contributed by atoms with E-state index in [0.29, 0.717) is 24.8 Å². The first-order valence-corrected chi connectivity index (χ1v) is 6.81. The van der Waals surface area contributed by atoms with Crippen LogP contribution in [0.25, 0.3) is 0 Å². The Labute approximate surface area is 108 Å². The van der Waals surface area contributed by atoms with Gasteiger partial charge in [-0.3, -0.25) is 4.79 Å². The highest BCUT2D eigenvalue weighted by Crippen LogP contribution is 2.31. The van der Waals surface area contributed by atoms with Gasteiger partial charge in [0.2, 0.25) is 0 Å². The van der Waals surface area contributed by atoms with Crippen LogP contribution in [0.4, 0.5) is 0 Å². The number of rotatable bonds is 4. The van der Waals surface area contributed by atoms with Gasteiger partial charge in [0.25, 0.3) is 0 Å². The normalized spacial score (nSPS) is 37.1. The molecule has 2 rings (SSSR count). The van der Waals surface area contributed by atoms with Gasteiger partial charge in [0.1, 0.15) is 5.54 Å². The van der Waals surface area contributed by atoms with Gasteiger partial charge in [0.15, 0.2) is 0 Å². The molecule has 0 bridgehead atoms. The van der Waals surface area contributed by atoms with Crippen molar-refractivity contribution in [2.75, 3.05) is 26.8 Å². The Balaban J connectivity index is 1.83. The van der Waals surface area contributed by atoms with Crippen molar-refractivity contribution in [1.82, 2.24) is 4.90 Å². The van der Waals surface area contributed by atoms with Crippen LogP contribution in [-0.4, -0.2) is 54.4 Å². The molecule has 18 heavy (non-hydrogen) atoms. The number of nitrogens with zero attached hydrogens (tertiary/aromatic N) is 1.